The largest absolute Gasteiger partial charge is 0.333 e. The first-order valence-electron chi connectivity index (χ1n) is 9.39. The number of sulfonamides is 1. The summed E-state index contributed by atoms with van der Waals surface area (Å²) in [6, 6.07) is 9.43. The highest BCUT2D eigenvalue weighted by Crippen LogP contribution is 2.22. The van der Waals surface area contributed by atoms with E-state index in [0.29, 0.717) is 13.1 Å². The molecule has 4 rings (SSSR count). The van der Waals surface area contributed by atoms with E-state index in [1.165, 1.54) is 12.8 Å². The second-order valence-electron chi connectivity index (χ2n) is 7.24. The Morgan fingerprint density at radius 2 is 1.73 bits per heavy atom. The van der Waals surface area contributed by atoms with Crippen LogP contribution in [0.3, 0.4) is 0 Å². The minimum Gasteiger partial charge on any atom is -0.333 e. The number of aromatic nitrogens is 2. The van der Waals surface area contributed by atoms with Gasteiger partial charge in [-0.3, -0.25) is 4.90 Å². The van der Waals surface area contributed by atoms with Crippen molar-refractivity contribution in [1.29, 1.82) is 0 Å². The molecule has 0 spiro atoms. The molecular weight excluding hydrogens is 348 g/mol. The highest BCUT2D eigenvalue weighted by atomic mass is 32.2. The van der Waals surface area contributed by atoms with Gasteiger partial charge in [0, 0.05) is 19.6 Å². The van der Waals surface area contributed by atoms with Crippen molar-refractivity contribution in [2.45, 2.75) is 44.6 Å². The normalized spacial score (nSPS) is 19.4. The molecule has 1 fully saturated rings. The molecule has 2 aliphatic rings. The Morgan fingerprint density at radius 1 is 0.962 bits per heavy atom. The fourth-order valence-electron chi connectivity index (χ4n) is 3.89. The van der Waals surface area contributed by atoms with Crippen molar-refractivity contribution >= 4 is 10.0 Å². The van der Waals surface area contributed by atoms with Crippen LogP contribution in [0.15, 0.2) is 36.7 Å². The lowest BCUT2D eigenvalue weighted by Gasteiger charge is -2.21. The molecule has 6 nitrogen and oxygen atoms in total. The summed E-state index contributed by atoms with van der Waals surface area (Å²) >= 11 is 0. The van der Waals surface area contributed by atoms with E-state index in [1.54, 1.807) is 4.31 Å². The number of likely N-dealkylation sites (tertiary alicyclic amines) is 1. The summed E-state index contributed by atoms with van der Waals surface area (Å²) < 4.78 is 29.8. The Hall–Kier alpha value is -1.70. The minimum atomic E-state index is -3.35. The Balaban J connectivity index is 1.54. The van der Waals surface area contributed by atoms with Crippen molar-refractivity contribution in [3.05, 3.63) is 53.6 Å². The van der Waals surface area contributed by atoms with Crippen LogP contribution in [0.25, 0.3) is 0 Å². The third kappa shape index (κ3) is 3.84. The average Bonchev–Trinajstić information content (AvgIpc) is 3.20. The predicted octanol–water partition coefficient (Wildman–Crippen LogP) is 2.21. The van der Waals surface area contributed by atoms with Crippen LogP contribution in [0, 0.1) is 0 Å². The third-order valence-corrected chi connectivity index (χ3v) is 7.12. The molecule has 2 aromatic rings. The van der Waals surface area contributed by atoms with Crippen LogP contribution in [-0.2, 0) is 35.4 Å². The number of benzene rings is 1. The summed E-state index contributed by atoms with van der Waals surface area (Å²) in [4.78, 5) is 7.02. The first-order valence-corrected chi connectivity index (χ1v) is 11.0. The zero-order valence-corrected chi connectivity index (χ0v) is 15.9. The second-order valence-corrected chi connectivity index (χ2v) is 9.21. The molecule has 3 heterocycles. The van der Waals surface area contributed by atoms with Crippen molar-refractivity contribution < 1.29 is 8.42 Å². The fourth-order valence-corrected chi connectivity index (χ4v) is 5.41. The van der Waals surface area contributed by atoms with E-state index in [1.807, 2.05) is 36.7 Å². The van der Waals surface area contributed by atoms with E-state index in [0.717, 1.165) is 49.6 Å². The average molecular weight is 375 g/mol. The molecule has 0 radical (unpaired) electrons. The lowest BCUT2D eigenvalue weighted by atomic mass is 10.2. The van der Waals surface area contributed by atoms with E-state index in [9.17, 15) is 8.42 Å². The minimum absolute atomic E-state index is 0.0590. The highest BCUT2D eigenvalue weighted by molar-refractivity contribution is 7.88. The first-order chi connectivity index (χ1) is 12.6. The van der Waals surface area contributed by atoms with Gasteiger partial charge in [-0.05, 0) is 37.9 Å². The van der Waals surface area contributed by atoms with Gasteiger partial charge in [-0.2, -0.15) is 4.31 Å². The molecule has 7 heteroatoms. The quantitative estimate of drug-likeness (QED) is 0.805. The van der Waals surface area contributed by atoms with E-state index >= 15 is 0 Å². The van der Waals surface area contributed by atoms with Gasteiger partial charge in [0.15, 0.2) is 0 Å². The van der Waals surface area contributed by atoms with E-state index < -0.39 is 10.0 Å². The molecule has 0 aliphatic carbocycles. The van der Waals surface area contributed by atoms with E-state index in [2.05, 4.69) is 14.5 Å². The number of rotatable bonds is 5. The monoisotopic (exact) mass is 374 g/mol. The van der Waals surface area contributed by atoms with Gasteiger partial charge in [-0.25, -0.2) is 13.4 Å². The van der Waals surface area contributed by atoms with Crippen LogP contribution < -0.4 is 0 Å². The molecule has 1 aromatic carbocycles. The zero-order chi connectivity index (χ0) is 18.0. The van der Waals surface area contributed by atoms with Crippen LogP contribution in [0.4, 0.5) is 0 Å². The molecule has 2 aliphatic heterocycles. The SMILES string of the molecule is O=S(=O)(Cc1ccccc1)N1CCCn2cnc(CN3CCCC3)c2C1. The maximum absolute atomic E-state index is 13.0. The van der Waals surface area contributed by atoms with Gasteiger partial charge in [0.25, 0.3) is 0 Å². The molecular formula is C19H26N4O2S. The predicted molar refractivity (Wildman–Crippen MR) is 101 cm³/mol. The number of hydrogen-bond acceptors (Lipinski definition) is 4. The van der Waals surface area contributed by atoms with Gasteiger partial charge in [0.05, 0.1) is 30.0 Å². The standard InChI is InChI=1S/C19H26N4O2S/c24-26(25,15-17-7-2-1-3-8-17)23-12-6-11-22-16-20-18(19(22)14-23)13-21-9-4-5-10-21/h1-3,7-8,16H,4-6,9-15H2. The van der Waals surface area contributed by atoms with Gasteiger partial charge in [0.2, 0.25) is 10.0 Å². The Kier molecular flexibility index (Phi) is 5.11. The number of imidazole rings is 1. The smallest absolute Gasteiger partial charge is 0.218 e. The van der Waals surface area contributed by atoms with Crippen molar-refractivity contribution in [3.63, 3.8) is 0 Å². The summed E-state index contributed by atoms with van der Waals surface area (Å²) in [6.45, 7) is 4.89. The van der Waals surface area contributed by atoms with E-state index in [4.69, 9.17) is 0 Å². The van der Waals surface area contributed by atoms with Gasteiger partial charge < -0.3 is 4.57 Å². The van der Waals surface area contributed by atoms with Crippen molar-refractivity contribution in [2.24, 2.45) is 0 Å². The number of nitrogens with zero attached hydrogens (tertiary/aromatic N) is 4. The molecule has 26 heavy (non-hydrogen) atoms. The molecule has 1 saturated heterocycles. The molecule has 0 atom stereocenters. The highest BCUT2D eigenvalue weighted by Gasteiger charge is 2.28. The fraction of sp³-hybridized carbons (Fsp3) is 0.526. The number of hydrogen-bond donors (Lipinski definition) is 0. The Bertz CT molecular complexity index is 842. The molecule has 0 N–H and O–H groups in total. The zero-order valence-electron chi connectivity index (χ0n) is 15.0. The maximum Gasteiger partial charge on any atom is 0.218 e. The van der Waals surface area contributed by atoms with Crippen LogP contribution in [0.5, 0.6) is 0 Å². The molecule has 1 aromatic heterocycles. The third-order valence-electron chi connectivity index (χ3n) is 5.32. The van der Waals surface area contributed by atoms with Gasteiger partial charge in [-0.15, -0.1) is 0 Å². The van der Waals surface area contributed by atoms with Gasteiger partial charge in [-0.1, -0.05) is 30.3 Å². The summed E-state index contributed by atoms with van der Waals surface area (Å²) in [5.41, 5.74) is 2.93. The van der Waals surface area contributed by atoms with Gasteiger partial charge >= 0.3 is 0 Å². The van der Waals surface area contributed by atoms with Crippen LogP contribution >= 0.6 is 0 Å². The van der Waals surface area contributed by atoms with Crippen LogP contribution in [-0.4, -0.2) is 46.8 Å². The topological polar surface area (TPSA) is 58.4 Å². The van der Waals surface area contributed by atoms with Crippen LogP contribution in [0.1, 0.15) is 36.2 Å². The summed E-state index contributed by atoms with van der Waals surface area (Å²) in [5, 5.41) is 0. The summed E-state index contributed by atoms with van der Waals surface area (Å²) in [5.74, 6) is 0.0590. The van der Waals surface area contributed by atoms with E-state index in [-0.39, 0.29) is 5.75 Å². The van der Waals surface area contributed by atoms with Gasteiger partial charge in [0.1, 0.15) is 0 Å². The maximum atomic E-state index is 13.0. The number of aryl methyl sites for hydroxylation is 1. The van der Waals surface area contributed by atoms with Crippen molar-refractivity contribution in [3.8, 4) is 0 Å². The molecule has 0 amide bonds. The molecule has 0 saturated carbocycles. The number of fused-ring (bicyclic) bond motifs is 1. The molecule has 0 bridgehead atoms. The lowest BCUT2D eigenvalue weighted by molar-refractivity contribution is 0.324. The van der Waals surface area contributed by atoms with Crippen molar-refractivity contribution in [1.82, 2.24) is 18.8 Å². The molecule has 0 unspecified atom stereocenters. The Labute approximate surface area is 155 Å². The summed E-state index contributed by atoms with van der Waals surface area (Å²) in [7, 11) is -3.35. The van der Waals surface area contributed by atoms with Crippen LogP contribution in [0.2, 0.25) is 0 Å². The Morgan fingerprint density at radius 3 is 2.50 bits per heavy atom. The second kappa shape index (κ2) is 7.50. The lowest BCUT2D eigenvalue weighted by Crippen LogP contribution is -2.32. The molecule has 140 valence electrons. The summed E-state index contributed by atoms with van der Waals surface area (Å²) in [6.07, 6.45) is 5.19. The first kappa shape index (κ1) is 17.7. The van der Waals surface area contributed by atoms with Crippen molar-refractivity contribution in [2.75, 3.05) is 19.6 Å².